The number of pyridine rings is 1. The Labute approximate surface area is 321 Å². The third-order valence-corrected chi connectivity index (χ3v) is 9.26. The first-order valence-electron chi connectivity index (χ1n) is 16.9. The number of halogens is 2. The molecule has 0 saturated carbocycles. The number of aldehydes is 1. The molecule has 6 rings (SSSR count). The highest BCUT2D eigenvalue weighted by Gasteiger charge is 2.29. The van der Waals surface area contributed by atoms with Gasteiger partial charge in [0.15, 0.2) is 6.29 Å². The van der Waals surface area contributed by atoms with Gasteiger partial charge in [0, 0.05) is 17.7 Å². The van der Waals surface area contributed by atoms with E-state index in [2.05, 4.69) is 10.3 Å². The molecule has 2 N–H and O–H groups in total. The number of carbonyl (C=O) groups excluding carboxylic acids is 2. The van der Waals surface area contributed by atoms with E-state index < -0.39 is 6.09 Å². The topological polar surface area (TPSA) is 164 Å². The van der Waals surface area contributed by atoms with Crippen LogP contribution in [0, 0.1) is 22.7 Å². The molecule has 1 heterocycles. The number of amides is 1. The summed E-state index contributed by atoms with van der Waals surface area (Å²) in [5.74, 6) is 0.715. The Balaban J connectivity index is 1.17. The standard InChI is InChI=1S/C41H32Cl2N4O7/c42-36-20-29(23-49)39(53-24-27-18-25(21-44)17-26(19-27)22-45)47-40(36)54-37-12-11-33-32(4-2-5-34(33)37)35-6-1-3-31(38(35)43)28-7-9-30(10-8-28)51-15-16-52-41(50)46-13-14-48/h1-10,17-20,23,37,48H,11-16,24H2,(H,46,50)/t37-/m0/s1. The number of hydrogen-bond acceptors (Lipinski definition) is 10. The molecule has 0 aliphatic heterocycles. The normalized spacial score (nSPS) is 12.9. The van der Waals surface area contributed by atoms with Crippen molar-refractivity contribution in [1.82, 2.24) is 10.3 Å². The first-order valence-corrected chi connectivity index (χ1v) is 17.6. The smallest absolute Gasteiger partial charge is 0.407 e. The van der Waals surface area contributed by atoms with Crippen LogP contribution in [0.5, 0.6) is 17.5 Å². The third-order valence-electron chi connectivity index (χ3n) is 8.58. The van der Waals surface area contributed by atoms with Crippen LogP contribution in [-0.4, -0.2) is 48.8 Å². The van der Waals surface area contributed by atoms with Gasteiger partial charge in [-0.2, -0.15) is 15.5 Å². The van der Waals surface area contributed by atoms with Gasteiger partial charge in [-0.15, -0.1) is 0 Å². The fourth-order valence-electron chi connectivity index (χ4n) is 6.13. The van der Waals surface area contributed by atoms with Crippen LogP contribution in [0.4, 0.5) is 4.79 Å². The SMILES string of the molecule is N#Cc1cc(C#N)cc(COc2nc(O[C@H]3CCc4c(-c5cccc(-c6ccc(OCCOC(=O)NCCO)cc6)c5Cl)cccc43)c(Cl)cc2C=O)c1. The van der Waals surface area contributed by atoms with Crippen molar-refractivity contribution in [2.24, 2.45) is 0 Å². The molecule has 0 saturated heterocycles. The Morgan fingerprint density at radius 2 is 1.63 bits per heavy atom. The molecule has 0 unspecified atom stereocenters. The van der Waals surface area contributed by atoms with Gasteiger partial charge in [0.25, 0.3) is 0 Å². The molecule has 13 heteroatoms. The average molecular weight is 764 g/mol. The molecule has 0 bridgehead atoms. The van der Waals surface area contributed by atoms with Gasteiger partial charge in [0.05, 0.1) is 40.5 Å². The van der Waals surface area contributed by atoms with Crippen molar-refractivity contribution in [2.75, 3.05) is 26.4 Å². The van der Waals surface area contributed by atoms with Crippen LogP contribution in [0.3, 0.4) is 0 Å². The number of benzene rings is 4. The number of fused-ring (bicyclic) bond motifs is 1. The zero-order valence-electron chi connectivity index (χ0n) is 28.7. The molecule has 4 aromatic carbocycles. The second-order valence-electron chi connectivity index (χ2n) is 12.1. The van der Waals surface area contributed by atoms with Crippen LogP contribution in [0.15, 0.2) is 84.9 Å². The van der Waals surface area contributed by atoms with Gasteiger partial charge >= 0.3 is 6.09 Å². The highest BCUT2D eigenvalue weighted by atomic mass is 35.5. The fourth-order valence-corrected chi connectivity index (χ4v) is 6.67. The molecule has 272 valence electrons. The monoisotopic (exact) mass is 762 g/mol. The van der Waals surface area contributed by atoms with Crippen LogP contribution >= 0.6 is 23.2 Å². The second-order valence-corrected chi connectivity index (χ2v) is 12.8. The highest BCUT2D eigenvalue weighted by Crippen LogP contribution is 2.44. The lowest BCUT2D eigenvalue weighted by Crippen LogP contribution is -2.28. The maximum atomic E-state index is 11.9. The molecule has 0 fully saturated rings. The lowest BCUT2D eigenvalue weighted by molar-refractivity contribution is 0.111. The van der Waals surface area contributed by atoms with Gasteiger partial charge in [0.2, 0.25) is 11.8 Å². The Bertz CT molecular complexity index is 2240. The number of nitrogens with one attached hydrogen (secondary N) is 1. The number of nitrogens with zero attached hydrogens (tertiary/aromatic N) is 3. The Kier molecular flexibility index (Phi) is 12.3. The summed E-state index contributed by atoms with van der Waals surface area (Å²) in [5.41, 5.74) is 6.94. The highest BCUT2D eigenvalue weighted by molar-refractivity contribution is 6.36. The maximum Gasteiger partial charge on any atom is 0.407 e. The minimum Gasteiger partial charge on any atom is -0.490 e. The lowest BCUT2D eigenvalue weighted by atomic mass is 9.94. The minimum atomic E-state index is -0.620. The summed E-state index contributed by atoms with van der Waals surface area (Å²) in [6, 6.07) is 29.5. The molecule has 1 amide bonds. The number of aliphatic hydroxyl groups is 1. The third kappa shape index (κ3) is 8.74. The van der Waals surface area contributed by atoms with Crippen molar-refractivity contribution in [1.29, 1.82) is 10.5 Å². The van der Waals surface area contributed by atoms with Crippen LogP contribution in [0.2, 0.25) is 10.0 Å². The molecule has 0 radical (unpaired) electrons. The van der Waals surface area contributed by atoms with E-state index in [-0.39, 0.29) is 61.4 Å². The number of rotatable bonds is 14. The molecule has 1 aliphatic carbocycles. The van der Waals surface area contributed by atoms with Crippen LogP contribution in [-0.2, 0) is 17.8 Å². The van der Waals surface area contributed by atoms with Crippen LogP contribution < -0.4 is 19.5 Å². The van der Waals surface area contributed by atoms with E-state index >= 15 is 0 Å². The molecular formula is C41H32Cl2N4O7. The first-order chi connectivity index (χ1) is 26.3. The number of carbonyl (C=O) groups is 2. The van der Waals surface area contributed by atoms with Crippen molar-refractivity contribution in [3.63, 3.8) is 0 Å². The summed E-state index contributed by atoms with van der Waals surface area (Å²) in [7, 11) is 0. The van der Waals surface area contributed by atoms with Gasteiger partial charge < -0.3 is 29.4 Å². The predicted molar refractivity (Wildman–Crippen MR) is 201 cm³/mol. The van der Waals surface area contributed by atoms with Gasteiger partial charge in [-0.25, -0.2) is 4.79 Å². The van der Waals surface area contributed by atoms with Gasteiger partial charge in [-0.1, -0.05) is 71.7 Å². The van der Waals surface area contributed by atoms with Gasteiger partial charge in [0.1, 0.15) is 36.7 Å². The van der Waals surface area contributed by atoms with E-state index in [1.54, 1.807) is 12.1 Å². The first kappa shape index (κ1) is 37.6. The van der Waals surface area contributed by atoms with E-state index in [0.29, 0.717) is 46.6 Å². The molecule has 0 spiro atoms. The van der Waals surface area contributed by atoms with Crippen molar-refractivity contribution >= 4 is 35.6 Å². The Hall–Kier alpha value is -6.11. The largest absolute Gasteiger partial charge is 0.490 e. The minimum absolute atomic E-state index is 0.00814. The summed E-state index contributed by atoms with van der Waals surface area (Å²) in [4.78, 5) is 27.9. The summed E-state index contributed by atoms with van der Waals surface area (Å²) < 4.78 is 23.0. The number of aromatic nitrogens is 1. The summed E-state index contributed by atoms with van der Waals surface area (Å²) in [6.45, 7) is 0.122. The van der Waals surface area contributed by atoms with E-state index in [1.165, 1.54) is 12.1 Å². The van der Waals surface area contributed by atoms with Crippen LogP contribution in [0.1, 0.15) is 50.7 Å². The van der Waals surface area contributed by atoms with E-state index in [1.807, 2.05) is 72.8 Å². The van der Waals surface area contributed by atoms with Gasteiger partial charge in [-0.3, -0.25) is 4.79 Å². The number of aliphatic hydroxyl groups excluding tert-OH is 1. The zero-order valence-corrected chi connectivity index (χ0v) is 30.2. The van der Waals surface area contributed by atoms with E-state index in [9.17, 15) is 20.1 Å². The van der Waals surface area contributed by atoms with Crippen molar-refractivity contribution < 1.29 is 33.6 Å². The number of nitriles is 2. The lowest BCUT2D eigenvalue weighted by Gasteiger charge is -2.18. The molecule has 5 aromatic rings. The molecule has 11 nitrogen and oxygen atoms in total. The maximum absolute atomic E-state index is 11.9. The molecule has 1 aliphatic rings. The number of alkyl carbamates (subject to hydrolysis) is 1. The average Bonchev–Trinajstić information content (AvgIpc) is 3.61. The van der Waals surface area contributed by atoms with Crippen LogP contribution in [0.25, 0.3) is 22.3 Å². The fraction of sp³-hybridized carbons (Fsp3) is 0.195. The summed E-state index contributed by atoms with van der Waals surface area (Å²) >= 11 is 13.6. The van der Waals surface area contributed by atoms with Crippen molar-refractivity contribution in [2.45, 2.75) is 25.6 Å². The van der Waals surface area contributed by atoms with Gasteiger partial charge in [-0.05, 0) is 77.1 Å². The Morgan fingerprint density at radius 3 is 2.35 bits per heavy atom. The Morgan fingerprint density at radius 1 is 0.907 bits per heavy atom. The van der Waals surface area contributed by atoms with Crippen molar-refractivity contribution in [3.05, 3.63) is 128 Å². The zero-order chi connectivity index (χ0) is 38.0. The van der Waals surface area contributed by atoms with E-state index in [4.69, 9.17) is 47.3 Å². The molecule has 1 aromatic heterocycles. The van der Waals surface area contributed by atoms with E-state index in [0.717, 1.165) is 33.4 Å². The summed E-state index contributed by atoms with van der Waals surface area (Å²) in [5, 5.41) is 30.6. The summed E-state index contributed by atoms with van der Waals surface area (Å²) in [6.07, 6.45) is 0.931. The quantitative estimate of drug-likeness (QED) is 0.0836. The second kappa shape index (κ2) is 17.6. The van der Waals surface area contributed by atoms with Crippen molar-refractivity contribution in [3.8, 4) is 51.9 Å². The number of hydrogen-bond donors (Lipinski definition) is 2. The molecule has 1 atom stereocenters. The molecule has 54 heavy (non-hydrogen) atoms. The number of ether oxygens (including phenoxy) is 4. The molecular weight excluding hydrogens is 731 g/mol. The predicted octanol–water partition coefficient (Wildman–Crippen LogP) is 8.02.